The molecule has 1 aliphatic heterocycles. The lowest BCUT2D eigenvalue weighted by Crippen LogP contribution is -2.23. The Morgan fingerprint density at radius 3 is 3.36 bits per heavy atom. The van der Waals surface area contributed by atoms with Gasteiger partial charge in [-0.3, -0.25) is 0 Å². The van der Waals surface area contributed by atoms with E-state index in [1.165, 1.54) is 22.7 Å². The van der Waals surface area contributed by atoms with Gasteiger partial charge in [0.25, 0.3) is 0 Å². The first kappa shape index (κ1) is 10.5. The third-order valence-corrected chi connectivity index (χ3v) is 4.62. The molecule has 4 heteroatoms. The zero-order valence-corrected chi connectivity index (χ0v) is 10.00. The number of thiophene rings is 1. The molecule has 14 heavy (non-hydrogen) atoms. The van der Waals surface area contributed by atoms with Crippen LogP contribution in [0.1, 0.15) is 12.0 Å². The summed E-state index contributed by atoms with van der Waals surface area (Å²) in [6, 6.07) is 2.25. The van der Waals surface area contributed by atoms with Crippen LogP contribution >= 0.6 is 23.3 Å². The van der Waals surface area contributed by atoms with Gasteiger partial charge in [-0.05, 0) is 41.8 Å². The monoisotopic (exact) mass is 229 g/mol. The summed E-state index contributed by atoms with van der Waals surface area (Å²) in [6.07, 6.45) is 2.34. The van der Waals surface area contributed by atoms with Crippen LogP contribution < -0.4 is 0 Å². The topological polar surface area (TPSA) is 12.5 Å². The van der Waals surface area contributed by atoms with Crippen molar-refractivity contribution >= 4 is 23.3 Å². The Balaban J connectivity index is 1.82. The molecule has 0 aromatic carbocycles. The van der Waals surface area contributed by atoms with Gasteiger partial charge in [-0.1, -0.05) is 0 Å². The second kappa shape index (κ2) is 5.16. The fourth-order valence-corrected chi connectivity index (χ4v) is 3.80. The Morgan fingerprint density at radius 2 is 2.50 bits per heavy atom. The molecule has 0 unspecified atom stereocenters. The average Bonchev–Trinajstić information content (AvgIpc) is 2.65. The van der Waals surface area contributed by atoms with Gasteiger partial charge in [0.1, 0.15) is 0 Å². The second-order valence-electron chi connectivity index (χ2n) is 3.35. The van der Waals surface area contributed by atoms with Crippen molar-refractivity contribution < 1.29 is 4.74 Å². The van der Waals surface area contributed by atoms with E-state index < -0.39 is 0 Å². The van der Waals surface area contributed by atoms with Crippen molar-refractivity contribution in [1.29, 1.82) is 0 Å². The van der Waals surface area contributed by atoms with Crippen LogP contribution in [0.2, 0.25) is 0 Å². The minimum Gasteiger partial charge on any atom is -0.385 e. The highest BCUT2D eigenvalue weighted by Crippen LogP contribution is 2.35. The number of rotatable bonds is 4. The number of methoxy groups -OCH3 is 1. The van der Waals surface area contributed by atoms with Crippen molar-refractivity contribution in [1.82, 2.24) is 4.31 Å². The Morgan fingerprint density at radius 1 is 1.57 bits per heavy atom. The zero-order valence-electron chi connectivity index (χ0n) is 8.36. The molecular weight excluding hydrogens is 214 g/mol. The molecule has 0 atom stereocenters. The van der Waals surface area contributed by atoms with Crippen LogP contribution in [0.5, 0.6) is 0 Å². The molecule has 0 aliphatic carbocycles. The maximum atomic E-state index is 5.05. The summed E-state index contributed by atoms with van der Waals surface area (Å²) in [5, 5.41) is 2.19. The fourth-order valence-electron chi connectivity index (χ4n) is 1.54. The minimum absolute atomic E-state index is 0.869. The normalized spacial score (nSPS) is 16.9. The van der Waals surface area contributed by atoms with Crippen molar-refractivity contribution in [3.8, 4) is 0 Å². The highest BCUT2D eigenvalue weighted by Gasteiger charge is 2.17. The zero-order chi connectivity index (χ0) is 9.80. The van der Waals surface area contributed by atoms with Crippen molar-refractivity contribution in [2.45, 2.75) is 17.1 Å². The van der Waals surface area contributed by atoms with E-state index in [0.29, 0.717) is 0 Å². The molecule has 0 fully saturated rings. The van der Waals surface area contributed by atoms with E-state index in [-0.39, 0.29) is 0 Å². The standard InChI is InChI=1S/C10H15NOS2/c1-12-7-2-5-11-6-3-9-4-8-13-10(9)14-11/h4,8H,2-3,5-7H2,1H3. The summed E-state index contributed by atoms with van der Waals surface area (Å²) in [5.41, 5.74) is 1.53. The molecule has 0 saturated heterocycles. The van der Waals surface area contributed by atoms with E-state index in [0.717, 1.165) is 19.6 Å². The molecular formula is C10H15NOS2. The van der Waals surface area contributed by atoms with Crippen LogP contribution in [0.3, 0.4) is 0 Å². The molecule has 0 spiro atoms. The highest BCUT2D eigenvalue weighted by molar-refractivity contribution is 7.99. The van der Waals surface area contributed by atoms with Gasteiger partial charge in [0.2, 0.25) is 0 Å². The van der Waals surface area contributed by atoms with Crippen LogP contribution in [-0.2, 0) is 11.2 Å². The first-order valence-electron chi connectivity index (χ1n) is 4.88. The predicted octanol–water partition coefficient (Wildman–Crippen LogP) is 2.65. The van der Waals surface area contributed by atoms with E-state index in [1.54, 1.807) is 7.11 Å². The summed E-state index contributed by atoms with van der Waals surface area (Å²) in [7, 11) is 1.76. The van der Waals surface area contributed by atoms with Crippen molar-refractivity contribution in [2.75, 3.05) is 26.8 Å². The van der Waals surface area contributed by atoms with Gasteiger partial charge in [0.15, 0.2) is 0 Å². The highest BCUT2D eigenvalue weighted by atomic mass is 32.2. The van der Waals surface area contributed by atoms with Crippen LogP contribution in [-0.4, -0.2) is 31.1 Å². The van der Waals surface area contributed by atoms with Gasteiger partial charge < -0.3 is 4.74 Å². The first-order chi connectivity index (χ1) is 6.90. The molecule has 1 aromatic rings. The maximum absolute atomic E-state index is 5.05. The average molecular weight is 229 g/mol. The lowest BCUT2D eigenvalue weighted by Gasteiger charge is -2.24. The molecule has 2 heterocycles. The Labute approximate surface area is 93.4 Å². The Kier molecular flexibility index (Phi) is 3.87. The third kappa shape index (κ3) is 2.51. The summed E-state index contributed by atoms with van der Waals surface area (Å²) in [6.45, 7) is 3.18. The van der Waals surface area contributed by atoms with E-state index in [9.17, 15) is 0 Å². The molecule has 78 valence electrons. The number of fused-ring (bicyclic) bond motifs is 1. The van der Waals surface area contributed by atoms with Crippen LogP contribution in [0, 0.1) is 0 Å². The minimum atomic E-state index is 0.869. The van der Waals surface area contributed by atoms with Crippen LogP contribution in [0.15, 0.2) is 15.7 Å². The molecule has 0 bridgehead atoms. The molecule has 2 rings (SSSR count). The fraction of sp³-hybridized carbons (Fsp3) is 0.600. The molecule has 0 N–H and O–H groups in total. The van der Waals surface area contributed by atoms with Crippen molar-refractivity contribution in [3.05, 3.63) is 17.0 Å². The molecule has 0 amide bonds. The van der Waals surface area contributed by atoms with Gasteiger partial charge in [-0.15, -0.1) is 11.3 Å². The van der Waals surface area contributed by atoms with E-state index in [2.05, 4.69) is 15.8 Å². The molecule has 1 aliphatic rings. The molecule has 0 radical (unpaired) electrons. The lowest BCUT2D eigenvalue weighted by molar-refractivity contribution is 0.188. The summed E-state index contributed by atoms with van der Waals surface area (Å²) < 4.78 is 8.98. The lowest BCUT2D eigenvalue weighted by atomic mass is 10.2. The Hall–Kier alpha value is -0.0300. The van der Waals surface area contributed by atoms with E-state index in [4.69, 9.17) is 4.74 Å². The maximum Gasteiger partial charge on any atom is 0.0785 e. The van der Waals surface area contributed by atoms with Crippen molar-refractivity contribution in [3.63, 3.8) is 0 Å². The number of hydrogen-bond acceptors (Lipinski definition) is 4. The van der Waals surface area contributed by atoms with Gasteiger partial charge in [0, 0.05) is 26.8 Å². The largest absolute Gasteiger partial charge is 0.385 e. The summed E-state index contributed by atoms with van der Waals surface area (Å²) >= 11 is 3.77. The van der Waals surface area contributed by atoms with Crippen LogP contribution in [0.4, 0.5) is 0 Å². The SMILES string of the molecule is COCCCN1CCc2ccsc2S1. The number of hydrogen-bond donors (Lipinski definition) is 0. The molecule has 1 aromatic heterocycles. The predicted molar refractivity (Wildman–Crippen MR) is 61.9 cm³/mol. The van der Waals surface area contributed by atoms with Gasteiger partial charge in [-0.25, -0.2) is 4.31 Å². The molecule has 2 nitrogen and oxygen atoms in total. The smallest absolute Gasteiger partial charge is 0.0785 e. The number of ether oxygens (including phenoxy) is 1. The first-order valence-corrected chi connectivity index (χ1v) is 6.53. The van der Waals surface area contributed by atoms with Gasteiger partial charge >= 0.3 is 0 Å². The van der Waals surface area contributed by atoms with Crippen molar-refractivity contribution in [2.24, 2.45) is 0 Å². The van der Waals surface area contributed by atoms with Crippen LogP contribution in [0.25, 0.3) is 0 Å². The summed E-state index contributed by atoms with van der Waals surface area (Å²) in [5.74, 6) is 0. The quantitative estimate of drug-likeness (QED) is 0.582. The van der Waals surface area contributed by atoms with Gasteiger partial charge in [0.05, 0.1) is 4.21 Å². The third-order valence-electron chi connectivity index (χ3n) is 2.31. The van der Waals surface area contributed by atoms with Gasteiger partial charge in [-0.2, -0.15) is 0 Å². The summed E-state index contributed by atoms with van der Waals surface area (Å²) in [4.78, 5) is 0. The second-order valence-corrected chi connectivity index (χ2v) is 5.63. The van der Waals surface area contributed by atoms with E-state index in [1.807, 2.05) is 23.3 Å². The number of nitrogens with zero attached hydrogens (tertiary/aromatic N) is 1. The Bertz CT molecular complexity index is 287. The van der Waals surface area contributed by atoms with E-state index >= 15 is 0 Å². The molecule has 0 saturated carbocycles.